The first kappa shape index (κ1) is 25.0. The Bertz CT molecular complexity index is 1480. The second-order valence-corrected chi connectivity index (χ2v) is 8.62. The molecule has 0 aliphatic heterocycles. The van der Waals surface area contributed by atoms with Gasteiger partial charge in [0.2, 0.25) is 5.95 Å². The fraction of sp³-hybridized carbons (Fsp3) is 0.250. The number of benzene rings is 2. The van der Waals surface area contributed by atoms with Crippen molar-refractivity contribution in [3.63, 3.8) is 0 Å². The Kier molecular flexibility index (Phi) is 7.41. The zero-order chi connectivity index (χ0) is 25.8. The fourth-order valence-electron chi connectivity index (χ4n) is 3.71. The molecule has 11 nitrogen and oxygen atoms in total. The van der Waals surface area contributed by atoms with Crippen molar-refractivity contribution in [1.29, 1.82) is 0 Å². The Morgan fingerprint density at radius 3 is 2.53 bits per heavy atom. The van der Waals surface area contributed by atoms with E-state index in [1.807, 2.05) is 6.07 Å². The summed E-state index contributed by atoms with van der Waals surface area (Å²) in [4.78, 5) is 43.4. The summed E-state index contributed by atoms with van der Waals surface area (Å²) in [5, 5.41) is 23.9. The maximum absolute atomic E-state index is 12.7. The number of aliphatic hydroxyl groups excluding tert-OH is 1. The van der Waals surface area contributed by atoms with E-state index in [0.29, 0.717) is 10.8 Å². The van der Waals surface area contributed by atoms with Crippen molar-refractivity contribution in [2.45, 2.75) is 25.1 Å². The van der Waals surface area contributed by atoms with Crippen molar-refractivity contribution in [3.05, 3.63) is 86.0 Å². The van der Waals surface area contributed by atoms with Crippen molar-refractivity contribution in [3.8, 4) is 5.75 Å². The number of carboxylic acid groups (broad SMARTS) is 1. The van der Waals surface area contributed by atoms with Gasteiger partial charge in [0.1, 0.15) is 24.5 Å². The van der Waals surface area contributed by atoms with Gasteiger partial charge in [-0.15, -0.1) is 0 Å². The molecule has 188 valence electrons. The molecule has 2 aromatic heterocycles. The smallest absolute Gasteiger partial charge is 0.329 e. The largest absolute Gasteiger partial charge is 0.491 e. The molecule has 0 spiro atoms. The van der Waals surface area contributed by atoms with Gasteiger partial charge in [-0.1, -0.05) is 41.9 Å². The number of ether oxygens (including phenoxy) is 1. The number of imidazole rings is 1. The Labute approximate surface area is 209 Å². The molecule has 4 aromatic rings. The van der Waals surface area contributed by atoms with Crippen molar-refractivity contribution in [2.75, 3.05) is 11.9 Å². The average molecular weight is 514 g/mol. The summed E-state index contributed by atoms with van der Waals surface area (Å²) in [6.07, 6.45) is -0.968. The van der Waals surface area contributed by atoms with Crippen LogP contribution in [0.2, 0.25) is 5.02 Å². The Morgan fingerprint density at radius 1 is 1.17 bits per heavy atom. The number of aromatic nitrogens is 4. The molecule has 2 atom stereocenters. The van der Waals surface area contributed by atoms with Crippen LogP contribution in [-0.4, -0.2) is 54.0 Å². The van der Waals surface area contributed by atoms with Crippen LogP contribution in [0.5, 0.6) is 5.75 Å². The molecule has 36 heavy (non-hydrogen) atoms. The van der Waals surface area contributed by atoms with Crippen LogP contribution in [0.25, 0.3) is 11.2 Å². The van der Waals surface area contributed by atoms with Crippen molar-refractivity contribution >= 4 is 34.7 Å². The predicted octanol–water partition coefficient (Wildman–Crippen LogP) is 1.62. The Balaban J connectivity index is 1.66. The van der Waals surface area contributed by atoms with E-state index in [9.17, 15) is 24.6 Å². The number of H-pyrrole nitrogens is 1. The molecule has 0 saturated heterocycles. The summed E-state index contributed by atoms with van der Waals surface area (Å²) in [5.41, 5.74) is -0.555. The van der Waals surface area contributed by atoms with Crippen LogP contribution in [0.4, 0.5) is 5.95 Å². The molecule has 0 aliphatic carbocycles. The highest BCUT2D eigenvalue weighted by molar-refractivity contribution is 6.30. The minimum atomic E-state index is -1.13. The molecular formula is C24H24ClN5O6. The van der Waals surface area contributed by atoms with Gasteiger partial charge in [0.25, 0.3) is 5.56 Å². The van der Waals surface area contributed by atoms with Crippen molar-refractivity contribution in [1.82, 2.24) is 19.1 Å². The summed E-state index contributed by atoms with van der Waals surface area (Å²) in [6.45, 7) is -0.290. The number of carboxylic acids is 1. The Hall–Kier alpha value is -4.09. The molecule has 12 heteroatoms. The van der Waals surface area contributed by atoms with Gasteiger partial charge >= 0.3 is 11.7 Å². The zero-order valence-corrected chi connectivity index (χ0v) is 20.0. The highest BCUT2D eigenvalue weighted by atomic mass is 35.5. The molecule has 0 radical (unpaired) electrons. The SMILES string of the molecule is Cn1c(=O)[nH]c(=O)c2c1nc(N[C@@H](Cc1ccccc1)C(=O)O)n2C[C@H](O)COc1ccc(Cl)cc1. The summed E-state index contributed by atoms with van der Waals surface area (Å²) in [7, 11) is 1.43. The van der Waals surface area contributed by atoms with Gasteiger partial charge in [-0.05, 0) is 29.8 Å². The van der Waals surface area contributed by atoms with Gasteiger partial charge in [0.05, 0.1) is 6.54 Å². The molecular weight excluding hydrogens is 490 g/mol. The van der Waals surface area contributed by atoms with Crippen LogP contribution < -0.4 is 21.3 Å². The summed E-state index contributed by atoms with van der Waals surface area (Å²) in [5.74, 6) is -0.626. The van der Waals surface area contributed by atoms with E-state index in [4.69, 9.17) is 16.3 Å². The summed E-state index contributed by atoms with van der Waals surface area (Å²) >= 11 is 5.87. The third-order valence-electron chi connectivity index (χ3n) is 5.54. The molecule has 0 saturated carbocycles. The number of nitrogens with one attached hydrogen (secondary N) is 2. The highest BCUT2D eigenvalue weighted by Crippen LogP contribution is 2.20. The van der Waals surface area contributed by atoms with Crippen LogP contribution in [0.1, 0.15) is 5.56 Å². The van der Waals surface area contributed by atoms with Crippen molar-refractivity contribution < 1.29 is 19.7 Å². The summed E-state index contributed by atoms with van der Waals surface area (Å²) < 4.78 is 8.09. The van der Waals surface area contributed by atoms with E-state index in [1.54, 1.807) is 48.5 Å². The average Bonchev–Trinajstić information content (AvgIpc) is 3.20. The number of nitrogens with zero attached hydrogens (tertiary/aromatic N) is 3. The zero-order valence-electron chi connectivity index (χ0n) is 19.2. The number of aryl methyl sites for hydroxylation is 1. The van der Waals surface area contributed by atoms with E-state index in [1.165, 1.54) is 11.6 Å². The first-order valence-corrected chi connectivity index (χ1v) is 11.4. The van der Waals surface area contributed by atoms with Crippen molar-refractivity contribution in [2.24, 2.45) is 7.05 Å². The van der Waals surface area contributed by atoms with Gasteiger partial charge in [0, 0.05) is 18.5 Å². The molecule has 4 rings (SSSR count). The van der Waals surface area contributed by atoms with E-state index >= 15 is 0 Å². The standard InChI is InChI=1S/C24H24ClN5O6/c1-29-20-19(21(32)28-24(29)35)30(12-16(31)13-36-17-9-7-15(25)8-10-17)23(27-20)26-18(22(33)34)11-14-5-3-2-4-6-14/h2-10,16,18,31H,11-13H2,1H3,(H,26,27)(H,33,34)(H,28,32,35)/t16-,18-/m0/s1. The van der Waals surface area contributed by atoms with Crippen LogP contribution >= 0.6 is 11.6 Å². The maximum Gasteiger partial charge on any atom is 0.329 e. The lowest BCUT2D eigenvalue weighted by Gasteiger charge is -2.19. The molecule has 0 bridgehead atoms. The van der Waals surface area contributed by atoms with Crippen LogP contribution in [0.3, 0.4) is 0 Å². The molecule has 0 unspecified atom stereocenters. The van der Waals surface area contributed by atoms with Crippen LogP contribution in [0, 0.1) is 0 Å². The van der Waals surface area contributed by atoms with Gasteiger partial charge < -0.3 is 24.8 Å². The van der Waals surface area contributed by atoms with Crippen LogP contribution in [-0.2, 0) is 24.8 Å². The number of hydrogen-bond donors (Lipinski definition) is 4. The molecule has 0 fully saturated rings. The number of fused-ring (bicyclic) bond motifs is 1. The number of halogens is 1. The second-order valence-electron chi connectivity index (χ2n) is 8.18. The van der Waals surface area contributed by atoms with Gasteiger partial charge in [-0.3, -0.25) is 14.3 Å². The lowest BCUT2D eigenvalue weighted by Crippen LogP contribution is -2.34. The lowest BCUT2D eigenvalue weighted by molar-refractivity contribution is -0.137. The number of hydrogen-bond acceptors (Lipinski definition) is 7. The molecule has 0 amide bonds. The molecule has 0 aliphatic rings. The first-order chi connectivity index (χ1) is 17.2. The number of rotatable bonds is 10. The number of aliphatic carboxylic acids is 1. The minimum Gasteiger partial charge on any atom is -0.491 e. The number of anilines is 1. The molecule has 2 aromatic carbocycles. The Morgan fingerprint density at radius 2 is 1.86 bits per heavy atom. The molecule has 2 heterocycles. The van der Waals surface area contributed by atoms with E-state index < -0.39 is 29.4 Å². The van der Waals surface area contributed by atoms with Crippen LogP contribution in [0.15, 0.2) is 64.2 Å². The van der Waals surface area contributed by atoms with Gasteiger partial charge in [-0.25, -0.2) is 9.59 Å². The third-order valence-corrected chi connectivity index (χ3v) is 5.79. The molecule has 4 N–H and O–H groups in total. The number of aliphatic hydroxyl groups is 1. The third kappa shape index (κ3) is 5.58. The van der Waals surface area contributed by atoms with E-state index in [-0.39, 0.29) is 36.7 Å². The van der Waals surface area contributed by atoms with E-state index in [0.717, 1.165) is 10.1 Å². The minimum absolute atomic E-state index is 0.00833. The predicted molar refractivity (Wildman–Crippen MR) is 134 cm³/mol. The van der Waals surface area contributed by atoms with E-state index in [2.05, 4.69) is 15.3 Å². The topological polar surface area (TPSA) is 151 Å². The first-order valence-electron chi connectivity index (χ1n) is 11.0. The number of aromatic amines is 1. The summed E-state index contributed by atoms with van der Waals surface area (Å²) in [6, 6.07) is 14.5. The lowest BCUT2D eigenvalue weighted by atomic mass is 10.1. The number of carbonyl (C=O) groups is 1. The highest BCUT2D eigenvalue weighted by Gasteiger charge is 2.25. The quantitative estimate of drug-likeness (QED) is 0.250. The second kappa shape index (κ2) is 10.7. The van der Waals surface area contributed by atoms with Gasteiger partial charge in [0.15, 0.2) is 11.2 Å². The fourth-order valence-corrected chi connectivity index (χ4v) is 3.84. The maximum atomic E-state index is 12.7. The monoisotopic (exact) mass is 513 g/mol. The van der Waals surface area contributed by atoms with Gasteiger partial charge in [-0.2, -0.15) is 4.98 Å². The normalized spacial score (nSPS) is 12.9.